The number of aromatic amines is 1. The molecule has 0 atom stereocenters. The number of halogens is 1. The number of H-pyrrole nitrogens is 1. The second kappa shape index (κ2) is 9.94. The molecule has 1 saturated heterocycles. The molecule has 0 amide bonds. The van der Waals surface area contributed by atoms with Gasteiger partial charge in [-0.2, -0.15) is 4.98 Å². The molecule has 0 bridgehead atoms. The minimum absolute atomic E-state index is 0.0947. The Hall–Kier alpha value is -4.25. The Morgan fingerprint density at radius 1 is 1.11 bits per heavy atom. The van der Waals surface area contributed by atoms with Crippen molar-refractivity contribution in [2.45, 2.75) is 18.9 Å². The third-order valence-corrected chi connectivity index (χ3v) is 5.61. The molecule has 1 aromatic carbocycles. The molecule has 4 aromatic rings. The molecule has 0 saturated carbocycles. The molecular formula is C24H24FN7O3. The maximum atomic E-state index is 13.9. The number of anilines is 4. The number of nitrogens with one attached hydrogen (secondary N) is 4. The van der Waals surface area contributed by atoms with Crippen LogP contribution in [0.25, 0.3) is 10.9 Å². The number of nitrogens with zero attached hydrogens (tertiary/aromatic N) is 3. The topological polar surface area (TPSA) is 126 Å². The zero-order chi connectivity index (χ0) is 24.2. The van der Waals surface area contributed by atoms with Gasteiger partial charge < -0.3 is 30.4 Å². The van der Waals surface area contributed by atoms with E-state index in [0.717, 1.165) is 25.9 Å². The number of hydrogen-bond acceptors (Lipinski definition) is 9. The van der Waals surface area contributed by atoms with E-state index < -0.39 is 11.4 Å². The number of hydrogen-bond donors (Lipinski definition) is 4. The average molecular weight is 478 g/mol. The lowest BCUT2D eigenvalue weighted by Crippen LogP contribution is -2.34. The van der Waals surface area contributed by atoms with Gasteiger partial charge in [0, 0.05) is 17.6 Å². The van der Waals surface area contributed by atoms with Gasteiger partial charge in [-0.15, -0.1) is 0 Å². The van der Waals surface area contributed by atoms with Gasteiger partial charge in [-0.3, -0.25) is 4.79 Å². The molecule has 0 spiro atoms. The molecular weight excluding hydrogens is 453 g/mol. The van der Waals surface area contributed by atoms with Gasteiger partial charge >= 0.3 is 0 Å². The molecule has 0 unspecified atom stereocenters. The summed E-state index contributed by atoms with van der Waals surface area (Å²) in [6, 6.07) is 9.54. The minimum Gasteiger partial charge on any atom is -0.491 e. The van der Waals surface area contributed by atoms with Crippen molar-refractivity contribution in [3.8, 4) is 11.6 Å². The summed E-state index contributed by atoms with van der Waals surface area (Å²) in [4.78, 5) is 28.0. The van der Waals surface area contributed by atoms with Gasteiger partial charge in [0.05, 0.1) is 24.5 Å². The van der Waals surface area contributed by atoms with Crippen molar-refractivity contribution >= 4 is 34.0 Å². The number of para-hydroxylation sites is 1. The van der Waals surface area contributed by atoms with Crippen molar-refractivity contribution in [3.63, 3.8) is 0 Å². The lowest BCUT2D eigenvalue weighted by molar-refractivity contribution is 0.150. The molecule has 11 heteroatoms. The van der Waals surface area contributed by atoms with Crippen LogP contribution in [0.5, 0.6) is 11.6 Å². The molecule has 1 aliphatic heterocycles. The lowest BCUT2D eigenvalue weighted by atomic mass is 10.1. The maximum absolute atomic E-state index is 13.9. The Morgan fingerprint density at radius 2 is 1.97 bits per heavy atom. The van der Waals surface area contributed by atoms with E-state index in [1.807, 2.05) is 0 Å². The smallest absolute Gasteiger partial charge is 0.272 e. The van der Waals surface area contributed by atoms with Crippen LogP contribution in [0.15, 0.2) is 53.6 Å². The van der Waals surface area contributed by atoms with E-state index in [9.17, 15) is 9.18 Å². The summed E-state index contributed by atoms with van der Waals surface area (Å²) in [5.74, 6) is 1.12. The van der Waals surface area contributed by atoms with Crippen LogP contribution in [0.2, 0.25) is 0 Å². The summed E-state index contributed by atoms with van der Waals surface area (Å²) < 4.78 is 25.4. The first-order valence-corrected chi connectivity index (χ1v) is 11.2. The van der Waals surface area contributed by atoms with Crippen molar-refractivity contribution in [1.29, 1.82) is 0 Å². The molecule has 0 radical (unpaired) electrons. The number of methoxy groups -OCH3 is 1. The van der Waals surface area contributed by atoms with Crippen molar-refractivity contribution in [1.82, 2.24) is 25.3 Å². The first-order valence-electron chi connectivity index (χ1n) is 11.2. The zero-order valence-electron chi connectivity index (χ0n) is 19.0. The van der Waals surface area contributed by atoms with E-state index >= 15 is 0 Å². The Morgan fingerprint density at radius 3 is 2.80 bits per heavy atom. The zero-order valence-corrected chi connectivity index (χ0v) is 19.0. The molecule has 3 aromatic heterocycles. The lowest BCUT2D eigenvalue weighted by Gasteiger charge is -2.24. The van der Waals surface area contributed by atoms with E-state index in [0.29, 0.717) is 28.5 Å². The van der Waals surface area contributed by atoms with Crippen LogP contribution in [0.4, 0.5) is 27.5 Å². The van der Waals surface area contributed by atoms with Crippen LogP contribution in [-0.2, 0) is 0 Å². The van der Waals surface area contributed by atoms with Gasteiger partial charge in [0.1, 0.15) is 23.4 Å². The summed E-state index contributed by atoms with van der Waals surface area (Å²) in [6.07, 6.45) is 5.08. The molecule has 4 heterocycles. The van der Waals surface area contributed by atoms with E-state index in [-0.39, 0.29) is 23.3 Å². The molecule has 4 N–H and O–H groups in total. The number of piperidine rings is 1. The van der Waals surface area contributed by atoms with Crippen LogP contribution >= 0.6 is 0 Å². The quantitative estimate of drug-likeness (QED) is 0.316. The molecule has 5 rings (SSSR count). The van der Waals surface area contributed by atoms with E-state index in [1.54, 1.807) is 49.8 Å². The van der Waals surface area contributed by atoms with Crippen LogP contribution in [-0.4, -0.2) is 46.2 Å². The number of ether oxygens (including phenoxy) is 2. The van der Waals surface area contributed by atoms with Crippen LogP contribution in [0.3, 0.4) is 0 Å². The Kier molecular flexibility index (Phi) is 6.40. The average Bonchev–Trinajstić information content (AvgIpc) is 2.87. The van der Waals surface area contributed by atoms with Crippen LogP contribution in [0.1, 0.15) is 12.8 Å². The predicted molar refractivity (Wildman–Crippen MR) is 130 cm³/mol. The van der Waals surface area contributed by atoms with Crippen molar-refractivity contribution in [2.24, 2.45) is 0 Å². The highest BCUT2D eigenvalue weighted by molar-refractivity contribution is 5.82. The van der Waals surface area contributed by atoms with Gasteiger partial charge in [-0.1, -0.05) is 12.1 Å². The fourth-order valence-electron chi connectivity index (χ4n) is 3.85. The van der Waals surface area contributed by atoms with E-state index in [1.165, 1.54) is 6.07 Å². The van der Waals surface area contributed by atoms with Crippen molar-refractivity contribution in [3.05, 3.63) is 65.0 Å². The fraction of sp³-hybridized carbons (Fsp3) is 0.250. The predicted octanol–water partition coefficient (Wildman–Crippen LogP) is 3.48. The third-order valence-electron chi connectivity index (χ3n) is 5.61. The Balaban J connectivity index is 1.32. The third kappa shape index (κ3) is 5.14. The van der Waals surface area contributed by atoms with Gasteiger partial charge in [0.2, 0.25) is 5.95 Å². The normalized spacial score (nSPS) is 14.0. The highest BCUT2D eigenvalue weighted by atomic mass is 19.1. The standard InChI is InChI=1S/C24H24FN7O3/c1-34-19-12-15(13-28-23(19)35-16-5-8-26-9-6-16)29-24-27-10-7-20(31-24)30-18-11-14-3-2-4-17(25)21(14)32-22(18)33/h2-4,7,10-13,16,26H,5-6,8-9H2,1H3,(H,32,33)(H2,27,29,30,31). The van der Waals surface area contributed by atoms with Gasteiger partial charge in [-0.05, 0) is 44.1 Å². The molecule has 1 aliphatic rings. The second-order valence-corrected chi connectivity index (χ2v) is 8.03. The summed E-state index contributed by atoms with van der Waals surface area (Å²) in [6.45, 7) is 1.83. The van der Waals surface area contributed by atoms with E-state index in [2.05, 4.69) is 35.9 Å². The number of fused-ring (bicyclic) bond motifs is 1. The fourth-order valence-corrected chi connectivity index (χ4v) is 3.85. The highest BCUT2D eigenvalue weighted by Gasteiger charge is 2.18. The highest BCUT2D eigenvalue weighted by Crippen LogP contribution is 2.30. The van der Waals surface area contributed by atoms with Crippen molar-refractivity contribution in [2.75, 3.05) is 30.8 Å². The van der Waals surface area contributed by atoms with Crippen molar-refractivity contribution < 1.29 is 13.9 Å². The van der Waals surface area contributed by atoms with Crippen LogP contribution in [0, 0.1) is 5.82 Å². The van der Waals surface area contributed by atoms with Gasteiger partial charge in [-0.25, -0.2) is 14.4 Å². The summed E-state index contributed by atoms with van der Waals surface area (Å²) in [5, 5.41) is 9.91. The summed E-state index contributed by atoms with van der Waals surface area (Å²) in [7, 11) is 1.56. The minimum atomic E-state index is -0.490. The second-order valence-electron chi connectivity index (χ2n) is 8.03. The number of pyridine rings is 2. The molecule has 0 aliphatic carbocycles. The largest absolute Gasteiger partial charge is 0.491 e. The van der Waals surface area contributed by atoms with Gasteiger partial charge in [0.25, 0.3) is 11.4 Å². The summed E-state index contributed by atoms with van der Waals surface area (Å²) >= 11 is 0. The summed E-state index contributed by atoms with van der Waals surface area (Å²) in [5.41, 5.74) is 0.530. The maximum Gasteiger partial charge on any atom is 0.272 e. The molecule has 180 valence electrons. The van der Waals surface area contributed by atoms with E-state index in [4.69, 9.17) is 9.47 Å². The molecule has 10 nitrogen and oxygen atoms in total. The Bertz CT molecular complexity index is 1410. The number of aromatic nitrogens is 4. The van der Waals surface area contributed by atoms with Crippen LogP contribution < -0.4 is 31.0 Å². The Labute approximate surface area is 199 Å². The molecule has 1 fully saturated rings. The SMILES string of the molecule is COc1cc(Nc2nccc(Nc3cc4cccc(F)c4[nH]c3=O)n2)cnc1OC1CCNCC1. The monoisotopic (exact) mass is 477 g/mol. The molecule has 35 heavy (non-hydrogen) atoms. The number of rotatable bonds is 7. The number of benzene rings is 1. The first-order chi connectivity index (χ1) is 17.1. The first kappa shape index (κ1) is 22.5. The van der Waals surface area contributed by atoms with Gasteiger partial charge in [0.15, 0.2) is 5.75 Å².